The molecule has 9 rings (SSSR count). The van der Waals surface area contributed by atoms with E-state index in [1.54, 1.807) is 65.6 Å². The van der Waals surface area contributed by atoms with E-state index in [4.69, 9.17) is 42.7 Å². The van der Waals surface area contributed by atoms with Crippen LogP contribution in [0, 0.1) is 0 Å². The zero-order valence-electron chi connectivity index (χ0n) is 40.6. The molecule has 0 saturated carbocycles. The average molecular weight is 1090 g/mol. The van der Waals surface area contributed by atoms with Crippen molar-refractivity contribution in [2.75, 3.05) is 90.7 Å². The molecular formula is C50H61Cl2N8O9S3+. The number of sulfone groups is 1. The van der Waals surface area contributed by atoms with Crippen LogP contribution in [0.5, 0.6) is 11.5 Å². The monoisotopic (exact) mass is 1080 g/mol. The molecule has 4 aromatic carbocycles. The zero-order chi connectivity index (χ0) is 51.0. The molecule has 4 atom stereocenters. The fourth-order valence-corrected chi connectivity index (χ4v) is 14.5. The fraction of sp³-hybridized carbons (Fsp3) is 0.460. The van der Waals surface area contributed by atoms with Gasteiger partial charge in [-0.05, 0) is 99.2 Å². The third-order valence-corrected chi connectivity index (χ3v) is 19.5. The van der Waals surface area contributed by atoms with E-state index in [-0.39, 0.29) is 72.6 Å². The number of sulfonamides is 2. The summed E-state index contributed by atoms with van der Waals surface area (Å²) in [6.07, 6.45) is 4.34. The smallest absolute Gasteiger partial charge is 0.243 e. The standard InChI is InChI=1S/C50H61Cl2N8O9S3/c1-4-68-46-30-40(71(64,65)56-22-6-7-23-56)18-20-42(46)49-53-44(36-10-14-38(51)15-11-36)32-58(49)48-34-55(35-61)26-27-60(48,28-29-70(3,62)63)59-33-45(37-12-16-39(52)17-13-37)54-50(59)43-21-19-41(31-47(43)69-5-2)72(66,67)57-24-8-9-25-57/h10-21,30-31,35,44-45,48H,4-9,22-29,32-34H2,1-3H3/q+1/t44?,45?,48-,60+/m1/s1. The molecule has 386 valence electrons. The van der Waals surface area contributed by atoms with Gasteiger partial charge in [0.25, 0.3) is 0 Å². The average Bonchev–Trinajstić information content (AvgIpc) is 4.23. The van der Waals surface area contributed by atoms with Gasteiger partial charge in [-0.1, -0.05) is 47.5 Å². The molecule has 0 aromatic heterocycles. The zero-order valence-corrected chi connectivity index (χ0v) is 44.6. The number of nitrogens with zero attached hydrogens (tertiary/aromatic N) is 8. The van der Waals surface area contributed by atoms with Crippen LogP contribution in [-0.2, 0) is 34.7 Å². The third kappa shape index (κ3) is 10.5. The lowest BCUT2D eigenvalue weighted by Crippen LogP contribution is -2.77. The molecule has 1 amide bonds. The minimum absolute atomic E-state index is 0.0364. The second-order valence-corrected chi connectivity index (χ2v) is 25.8. The summed E-state index contributed by atoms with van der Waals surface area (Å²) in [6, 6.07) is 23.5. The number of amides is 1. The third-order valence-electron chi connectivity index (χ3n) is 14.3. The number of ether oxygens (including phenoxy) is 2. The summed E-state index contributed by atoms with van der Waals surface area (Å²) in [4.78, 5) is 27.9. The number of rotatable bonds is 18. The number of halogens is 2. The van der Waals surface area contributed by atoms with Crippen LogP contribution in [0.2, 0.25) is 10.0 Å². The van der Waals surface area contributed by atoms with Crippen molar-refractivity contribution in [3.8, 4) is 11.5 Å². The highest BCUT2D eigenvalue weighted by molar-refractivity contribution is 7.90. The SMILES string of the molecule is CCOc1cc(S(=O)(=O)N2CCCC2)ccc1C1=NC(c2ccc(Cl)cc2)CN1[C@H]1CN(C=O)CC[N@@+]1(CCS(C)(=O)=O)N1CC(c2ccc(Cl)cc2)N=C1c1ccc(S(=O)(=O)N2CCCC2)cc1OCC. The second-order valence-electron chi connectivity index (χ2n) is 18.8. The van der Waals surface area contributed by atoms with Gasteiger partial charge in [0, 0.05) is 54.6 Å². The lowest BCUT2D eigenvalue weighted by molar-refractivity contribution is -1.05. The molecule has 22 heteroatoms. The first-order valence-electron chi connectivity index (χ1n) is 24.5. The van der Waals surface area contributed by atoms with Crippen molar-refractivity contribution < 1.29 is 44.1 Å². The van der Waals surface area contributed by atoms with Crippen molar-refractivity contribution in [3.05, 3.63) is 117 Å². The molecule has 5 aliphatic heterocycles. The first-order valence-corrected chi connectivity index (χ1v) is 30.1. The molecule has 0 aliphatic carbocycles. The summed E-state index contributed by atoms with van der Waals surface area (Å²) in [5.74, 6) is 1.24. The predicted octanol–water partition coefficient (Wildman–Crippen LogP) is 6.24. The minimum Gasteiger partial charge on any atom is -0.493 e. The lowest BCUT2D eigenvalue weighted by atomic mass is 10.1. The Morgan fingerprint density at radius 3 is 1.58 bits per heavy atom. The minimum atomic E-state index is -3.86. The summed E-state index contributed by atoms with van der Waals surface area (Å²) in [5.41, 5.74) is 2.71. The quantitative estimate of drug-likeness (QED) is 0.0814. The van der Waals surface area contributed by atoms with Crippen molar-refractivity contribution in [1.82, 2.24) is 23.4 Å². The number of amidine groups is 2. The van der Waals surface area contributed by atoms with E-state index in [2.05, 4.69) is 9.91 Å². The highest BCUT2D eigenvalue weighted by atomic mass is 35.5. The Kier molecular flexibility index (Phi) is 15.3. The summed E-state index contributed by atoms with van der Waals surface area (Å²) in [7, 11) is -11.3. The van der Waals surface area contributed by atoms with Crippen LogP contribution in [0.25, 0.3) is 0 Å². The van der Waals surface area contributed by atoms with Gasteiger partial charge in [-0.15, -0.1) is 0 Å². The molecule has 4 aromatic rings. The van der Waals surface area contributed by atoms with Gasteiger partial charge in [0.2, 0.25) is 32.6 Å². The number of hydrogen-bond acceptors (Lipinski definition) is 13. The Bertz CT molecular complexity index is 3060. The van der Waals surface area contributed by atoms with Crippen molar-refractivity contribution in [1.29, 1.82) is 0 Å². The maximum Gasteiger partial charge on any atom is 0.243 e. The van der Waals surface area contributed by atoms with E-state index in [0.29, 0.717) is 70.5 Å². The van der Waals surface area contributed by atoms with Crippen LogP contribution < -0.4 is 9.47 Å². The van der Waals surface area contributed by atoms with Crippen LogP contribution in [0.15, 0.2) is 105 Å². The van der Waals surface area contributed by atoms with E-state index in [0.717, 1.165) is 43.2 Å². The first-order chi connectivity index (χ1) is 34.4. The number of quaternary nitrogens is 1. The van der Waals surface area contributed by atoms with Gasteiger partial charge in [0.1, 0.15) is 42.2 Å². The van der Waals surface area contributed by atoms with Gasteiger partial charge in [0.05, 0.1) is 66.4 Å². The molecule has 0 spiro atoms. The molecule has 0 radical (unpaired) electrons. The molecule has 0 N–H and O–H groups in total. The highest BCUT2D eigenvalue weighted by Crippen LogP contribution is 2.42. The summed E-state index contributed by atoms with van der Waals surface area (Å²) in [5, 5.41) is 3.18. The molecule has 2 unspecified atom stereocenters. The van der Waals surface area contributed by atoms with Gasteiger partial charge < -0.3 is 19.3 Å². The molecule has 72 heavy (non-hydrogen) atoms. The Morgan fingerprint density at radius 1 is 0.639 bits per heavy atom. The van der Waals surface area contributed by atoms with E-state index in [1.807, 2.05) is 38.1 Å². The van der Waals surface area contributed by atoms with Gasteiger partial charge in [-0.2, -0.15) is 13.2 Å². The van der Waals surface area contributed by atoms with Crippen molar-refractivity contribution in [3.63, 3.8) is 0 Å². The van der Waals surface area contributed by atoms with Crippen LogP contribution in [-0.4, -0.2) is 168 Å². The highest BCUT2D eigenvalue weighted by Gasteiger charge is 2.56. The van der Waals surface area contributed by atoms with Crippen molar-refractivity contribution in [2.24, 2.45) is 9.98 Å². The second kappa shape index (κ2) is 21.2. The predicted molar refractivity (Wildman–Crippen MR) is 277 cm³/mol. The summed E-state index contributed by atoms with van der Waals surface area (Å²) < 4.78 is 98.8. The Morgan fingerprint density at radius 2 is 1.11 bits per heavy atom. The number of carbonyl (C=O) groups excluding carboxylic acids is 1. The first kappa shape index (κ1) is 52.1. The largest absolute Gasteiger partial charge is 0.493 e. The van der Waals surface area contributed by atoms with Crippen molar-refractivity contribution in [2.45, 2.75) is 67.6 Å². The molecule has 3 saturated heterocycles. The Hall–Kier alpha value is -4.80. The Labute approximate surface area is 433 Å². The molecular weight excluding hydrogens is 1020 g/mol. The number of carbonyl (C=O) groups is 1. The van der Waals surface area contributed by atoms with Gasteiger partial charge >= 0.3 is 0 Å². The normalized spacial score (nSPS) is 23.4. The lowest BCUT2D eigenvalue weighted by Gasteiger charge is -2.56. The number of piperazine rings is 1. The van der Waals surface area contributed by atoms with E-state index in [1.165, 1.54) is 14.9 Å². The van der Waals surface area contributed by atoms with Crippen LogP contribution >= 0.6 is 23.2 Å². The fourth-order valence-electron chi connectivity index (χ4n) is 10.6. The van der Waals surface area contributed by atoms with E-state index in [9.17, 15) is 30.0 Å². The molecule has 17 nitrogen and oxygen atoms in total. The Balaban J connectivity index is 1.24. The summed E-state index contributed by atoms with van der Waals surface area (Å²) >= 11 is 12.8. The van der Waals surface area contributed by atoms with Gasteiger partial charge in [-0.3, -0.25) is 14.8 Å². The maximum atomic E-state index is 14.0. The number of aliphatic imine (C=N–C) groups is 2. The maximum absolute atomic E-state index is 14.0. The van der Waals surface area contributed by atoms with Crippen LogP contribution in [0.1, 0.15) is 73.9 Å². The van der Waals surface area contributed by atoms with Gasteiger partial charge in [-0.25, -0.2) is 30.3 Å². The van der Waals surface area contributed by atoms with Crippen LogP contribution in [0.4, 0.5) is 0 Å². The van der Waals surface area contributed by atoms with E-state index < -0.39 is 48.1 Å². The van der Waals surface area contributed by atoms with E-state index >= 15 is 0 Å². The molecule has 3 fully saturated rings. The topological polar surface area (TPSA) is 179 Å². The van der Waals surface area contributed by atoms with Crippen LogP contribution in [0.3, 0.4) is 0 Å². The van der Waals surface area contributed by atoms with Gasteiger partial charge in [0.15, 0.2) is 15.7 Å². The number of benzene rings is 4. The molecule has 5 aliphatic rings. The summed E-state index contributed by atoms with van der Waals surface area (Å²) in [6.45, 7) is 6.90. The molecule has 0 bridgehead atoms. The number of hydrogen-bond donors (Lipinski definition) is 0. The molecule has 5 heterocycles. The van der Waals surface area contributed by atoms with Crippen molar-refractivity contribution >= 4 is 71.2 Å².